The van der Waals surface area contributed by atoms with Gasteiger partial charge in [0.15, 0.2) is 0 Å². The fourth-order valence-corrected chi connectivity index (χ4v) is 1.89. The summed E-state index contributed by atoms with van der Waals surface area (Å²) in [6.45, 7) is 0. The van der Waals surface area contributed by atoms with Gasteiger partial charge in [-0.15, -0.1) is 23.2 Å². The molecule has 0 aliphatic rings. The Morgan fingerprint density at radius 1 is 0.824 bits per heavy atom. The van der Waals surface area contributed by atoms with Crippen molar-refractivity contribution in [2.45, 2.75) is 11.8 Å². The maximum absolute atomic E-state index is 5.85. The van der Waals surface area contributed by atoms with Crippen LogP contribution in [-0.4, -0.2) is 0 Å². The van der Waals surface area contributed by atoms with Crippen LogP contribution in [0.2, 0.25) is 0 Å². The topological polar surface area (TPSA) is 9.23 Å². The van der Waals surface area contributed by atoms with Gasteiger partial charge in [0.05, 0.1) is 5.88 Å². The Balaban J connectivity index is 2.19. The molecule has 0 amide bonds. The molecule has 0 unspecified atom stereocenters. The van der Waals surface area contributed by atoms with Crippen LogP contribution in [0.4, 0.5) is 0 Å². The molecule has 0 fully saturated rings. The molecule has 0 radical (unpaired) electrons. The molecule has 0 aromatic heterocycles. The molecule has 0 bridgehead atoms. The van der Waals surface area contributed by atoms with E-state index in [0.717, 1.165) is 22.6 Å². The van der Waals surface area contributed by atoms with Crippen LogP contribution < -0.4 is 4.74 Å². The van der Waals surface area contributed by atoms with Crippen molar-refractivity contribution in [2.75, 3.05) is 0 Å². The van der Waals surface area contributed by atoms with Gasteiger partial charge in [0.2, 0.25) is 0 Å². The summed E-state index contributed by atoms with van der Waals surface area (Å²) in [7, 11) is 0. The van der Waals surface area contributed by atoms with Crippen molar-refractivity contribution in [1.82, 2.24) is 0 Å². The molecule has 0 saturated carbocycles. The molecule has 88 valence electrons. The Morgan fingerprint density at radius 2 is 1.53 bits per heavy atom. The molecule has 0 heterocycles. The van der Waals surface area contributed by atoms with E-state index >= 15 is 0 Å². The quantitative estimate of drug-likeness (QED) is 0.711. The van der Waals surface area contributed by atoms with E-state index in [9.17, 15) is 0 Å². The summed E-state index contributed by atoms with van der Waals surface area (Å²) >= 11 is 11.6. The van der Waals surface area contributed by atoms with Gasteiger partial charge in [0, 0.05) is 11.4 Å². The molecule has 2 aromatic carbocycles. The maximum atomic E-state index is 5.85. The molecule has 0 atom stereocenters. The first-order valence-corrected chi connectivity index (χ1v) is 6.37. The summed E-state index contributed by atoms with van der Waals surface area (Å²) in [5.74, 6) is 2.53. The Bertz CT molecular complexity index is 480. The van der Waals surface area contributed by atoms with Gasteiger partial charge in [-0.1, -0.05) is 30.3 Å². The number of halogens is 2. The molecule has 0 aliphatic carbocycles. The predicted molar refractivity (Wildman–Crippen MR) is 72.1 cm³/mol. The average molecular weight is 267 g/mol. The van der Waals surface area contributed by atoms with Crippen molar-refractivity contribution in [3.63, 3.8) is 0 Å². The third kappa shape index (κ3) is 3.15. The van der Waals surface area contributed by atoms with Crippen molar-refractivity contribution in [3.8, 4) is 11.5 Å². The van der Waals surface area contributed by atoms with Gasteiger partial charge in [-0.25, -0.2) is 0 Å². The van der Waals surface area contributed by atoms with Crippen molar-refractivity contribution < 1.29 is 4.74 Å². The lowest BCUT2D eigenvalue weighted by Crippen LogP contribution is -1.89. The minimum Gasteiger partial charge on any atom is -0.457 e. The van der Waals surface area contributed by atoms with Gasteiger partial charge in [0.1, 0.15) is 11.5 Å². The lowest BCUT2D eigenvalue weighted by molar-refractivity contribution is 0.478. The summed E-state index contributed by atoms with van der Waals surface area (Å²) in [6.07, 6.45) is 0. The van der Waals surface area contributed by atoms with Crippen LogP contribution in [0, 0.1) is 0 Å². The molecule has 0 N–H and O–H groups in total. The second kappa shape index (κ2) is 5.95. The van der Waals surface area contributed by atoms with Gasteiger partial charge in [0.25, 0.3) is 0 Å². The average Bonchev–Trinajstić information content (AvgIpc) is 2.40. The first-order valence-electron chi connectivity index (χ1n) is 5.30. The molecule has 2 aromatic rings. The lowest BCUT2D eigenvalue weighted by Gasteiger charge is -2.09. The Kier molecular flexibility index (Phi) is 4.29. The highest BCUT2D eigenvalue weighted by molar-refractivity contribution is 6.17. The number of para-hydroxylation sites is 1. The second-order valence-electron chi connectivity index (χ2n) is 3.62. The fourth-order valence-electron chi connectivity index (χ4n) is 1.49. The Hall–Kier alpha value is -1.18. The Labute approximate surface area is 111 Å². The highest BCUT2D eigenvalue weighted by atomic mass is 35.5. The van der Waals surface area contributed by atoms with E-state index in [0.29, 0.717) is 11.8 Å². The first-order chi connectivity index (χ1) is 8.33. The van der Waals surface area contributed by atoms with E-state index in [4.69, 9.17) is 27.9 Å². The molecule has 17 heavy (non-hydrogen) atoms. The van der Waals surface area contributed by atoms with Gasteiger partial charge < -0.3 is 4.74 Å². The summed E-state index contributed by atoms with van der Waals surface area (Å²) < 4.78 is 5.77. The van der Waals surface area contributed by atoms with E-state index in [-0.39, 0.29) is 0 Å². The minimum atomic E-state index is 0.440. The standard InChI is InChI=1S/C14H12Cl2O/c15-9-11-5-7-13(8-6-11)17-14-4-2-1-3-12(14)10-16/h1-8H,9-10H2. The summed E-state index contributed by atoms with van der Waals surface area (Å²) in [6, 6.07) is 15.4. The van der Waals surface area contributed by atoms with Crippen molar-refractivity contribution in [1.29, 1.82) is 0 Å². The molecule has 3 heteroatoms. The largest absolute Gasteiger partial charge is 0.457 e. The van der Waals surface area contributed by atoms with E-state index in [1.54, 1.807) is 0 Å². The smallest absolute Gasteiger partial charge is 0.131 e. The molecular weight excluding hydrogens is 255 g/mol. The van der Waals surface area contributed by atoms with E-state index in [1.807, 2.05) is 48.5 Å². The van der Waals surface area contributed by atoms with Crippen LogP contribution in [-0.2, 0) is 11.8 Å². The number of hydrogen-bond donors (Lipinski definition) is 0. The van der Waals surface area contributed by atoms with Crippen LogP contribution in [0.5, 0.6) is 11.5 Å². The van der Waals surface area contributed by atoms with Gasteiger partial charge >= 0.3 is 0 Å². The Morgan fingerprint density at radius 3 is 2.18 bits per heavy atom. The number of alkyl halides is 2. The van der Waals surface area contributed by atoms with Crippen LogP contribution in [0.3, 0.4) is 0 Å². The van der Waals surface area contributed by atoms with Gasteiger partial charge in [-0.3, -0.25) is 0 Å². The number of rotatable bonds is 4. The van der Waals surface area contributed by atoms with E-state index in [1.165, 1.54) is 0 Å². The van der Waals surface area contributed by atoms with Crippen LogP contribution in [0.25, 0.3) is 0 Å². The van der Waals surface area contributed by atoms with Crippen LogP contribution in [0.15, 0.2) is 48.5 Å². The fraction of sp³-hybridized carbons (Fsp3) is 0.143. The molecule has 2 rings (SSSR count). The zero-order valence-corrected chi connectivity index (χ0v) is 10.7. The van der Waals surface area contributed by atoms with E-state index < -0.39 is 0 Å². The van der Waals surface area contributed by atoms with Crippen LogP contribution in [0.1, 0.15) is 11.1 Å². The number of benzene rings is 2. The summed E-state index contributed by atoms with van der Waals surface area (Å²) in [5, 5.41) is 0. The van der Waals surface area contributed by atoms with Gasteiger partial charge in [-0.05, 0) is 23.8 Å². The maximum Gasteiger partial charge on any atom is 0.131 e. The predicted octanol–water partition coefficient (Wildman–Crippen LogP) is 4.96. The third-order valence-corrected chi connectivity index (χ3v) is 3.02. The SMILES string of the molecule is ClCc1ccc(Oc2ccccc2CCl)cc1. The van der Waals surface area contributed by atoms with Crippen LogP contribution >= 0.6 is 23.2 Å². The molecule has 0 spiro atoms. The molecule has 1 nitrogen and oxygen atoms in total. The van der Waals surface area contributed by atoms with Crippen molar-refractivity contribution in [2.24, 2.45) is 0 Å². The minimum absolute atomic E-state index is 0.440. The lowest BCUT2D eigenvalue weighted by atomic mass is 10.2. The zero-order valence-electron chi connectivity index (χ0n) is 9.20. The molecule has 0 saturated heterocycles. The summed E-state index contributed by atoms with van der Waals surface area (Å²) in [4.78, 5) is 0. The highest BCUT2D eigenvalue weighted by Gasteiger charge is 2.03. The monoisotopic (exact) mass is 266 g/mol. The normalized spacial score (nSPS) is 10.2. The second-order valence-corrected chi connectivity index (χ2v) is 4.16. The highest BCUT2D eigenvalue weighted by Crippen LogP contribution is 2.26. The van der Waals surface area contributed by atoms with Crippen molar-refractivity contribution in [3.05, 3.63) is 59.7 Å². The molecule has 0 aliphatic heterocycles. The van der Waals surface area contributed by atoms with E-state index in [2.05, 4.69) is 0 Å². The number of hydrogen-bond acceptors (Lipinski definition) is 1. The first kappa shape index (κ1) is 12.3. The van der Waals surface area contributed by atoms with Crippen molar-refractivity contribution >= 4 is 23.2 Å². The zero-order chi connectivity index (χ0) is 12.1. The third-order valence-electron chi connectivity index (χ3n) is 2.42. The number of ether oxygens (including phenoxy) is 1. The van der Waals surface area contributed by atoms with Gasteiger partial charge in [-0.2, -0.15) is 0 Å². The molecular formula is C14H12Cl2O. The summed E-state index contributed by atoms with van der Waals surface area (Å²) in [5.41, 5.74) is 2.06.